The van der Waals surface area contributed by atoms with Gasteiger partial charge in [0.1, 0.15) is 0 Å². The fourth-order valence-corrected chi connectivity index (χ4v) is 2.95. The summed E-state index contributed by atoms with van der Waals surface area (Å²) in [5, 5.41) is 14.5. The molecule has 1 heterocycles. The Morgan fingerprint density at radius 2 is 1.94 bits per heavy atom. The third kappa shape index (κ3) is 5.69. The van der Waals surface area contributed by atoms with E-state index in [-0.39, 0.29) is 5.91 Å². The molecule has 0 aliphatic rings. The lowest BCUT2D eigenvalue weighted by molar-refractivity contribution is -0.111. The first-order chi connectivity index (χ1) is 15.0. The molecule has 1 aromatic heterocycles. The first kappa shape index (κ1) is 22.0. The Balaban J connectivity index is 1.72. The predicted octanol–water partition coefficient (Wildman–Crippen LogP) is 4.12. The lowest BCUT2D eigenvalue weighted by atomic mass is 10.1. The third-order valence-electron chi connectivity index (χ3n) is 4.49. The molecule has 1 N–H and O–H groups in total. The summed E-state index contributed by atoms with van der Waals surface area (Å²) >= 11 is 0. The molecule has 0 aliphatic heterocycles. The average Bonchev–Trinajstić information content (AvgIpc) is 3.19. The molecule has 8 nitrogen and oxygen atoms in total. The van der Waals surface area contributed by atoms with E-state index < -0.39 is 0 Å². The Kier molecular flexibility index (Phi) is 7.37. The van der Waals surface area contributed by atoms with Crippen LogP contribution in [0, 0.1) is 13.8 Å². The number of rotatable bonds is 9. The predicted molar refractivity (Wildman–Crippen MR) is 120 cm³/mol. The van der Waals surface area contributed by atoms with Crippen LogP contribution < -0.4 is 14.8 Å². The number of nitrogens with one attached hydrogen (secondary N) is 1. The van der Waals surface area contributed by atoms with Gasteiger partial charge in [-0.25, -0.2) is 0 Å². The van der Waals surface area contributed by atoms with Crippen molar-refractivity contribution >= 4 is 17.7 Å². The molecule has 0 saturated carbocycles. The molecule has 31 heavy (non-hydrogen) atoms. The fourth-order valence-electron chi connectivity index (χ4n) is 2.95. The highest BCUT2D eigenvalue weighted by Crippen LogP contribution is 2.29. The highest BCUT2D eigenvalue weighted by Gasteiger charge is 2.09. The largest absolute Gasteiger partial charge is 0.490 e. The SMILES string of the molecule is CCCOc1ccc(/C=C/C(=O)Nc2ccc(C)c(-n3nnnc3C)c2)cc1OCC. The average molecular weight is 422 g/mol. The van der Waals surface area contributed by atoms with E-state index >= 15 is 0 Å². The summed E-state index contributed by atoms with van der Waals surface area (Å²) < 4.78 is 13.0. The van der Waals surface area contributed by atoms with E-state index in [9.17, 15) is 4.79 Å². The highest BCUT2D eigenvalue weighted by molar-refractivity contribution is 6.02. The molecule has 3 rings (SSSR count). The summed E-state index contributed by atoms with van der Waals surface area (Å²) in [5.41, 5.74) is 3.31. The molecule has 0 aliphatic carbocycles. The quantitative estimate of drug-likeness (QED) is 0.523. The molecule has 8 heteroatoms. The maximum atomic E-state index is 12.5. The van der Waals surface area contributed by atoms with Crippen molar-refractivity contribution in [3.05, 3.63) is 59.4 Å². The molecule has 1 amide bonds. The van der Waals surface area contributed by atoms with E-state index in [0.29, 0.717) is 36.2 Å². The van der Waals surface area contributed by atoms with Crippen LogP contribution in [-0.4, -0.2) is 39.3 Å². The van der Waals surface area contributed by atoms with Gasteiger partial charge in [-0.15, -0.1) is 5.10 Å². The minimum absolute atomic E-state index is 0.243. The molecule has 3 aromatic rings. The van der Waals surface area contributed by atoms with Gasteiger partial charge in [0.05, 0.1) is 18.9 Å². The van der Waals surface area contributed by atoms with Crippen LogP contribution in [0.15, 0.2) is 42.5 Å². The van der Waals surface area contributed by atoms with Crippen LogP contribution in [0.2, 0.25) is 0 Å². The summed E-state index contributed by atoms with van der Waals surface area (Å²) in [7, 11) is 0. The maximum Gasteiger partial charge on any atom is 0.248 e. The molecule has 0 bridgehead atoms. The summed E-state index contributed by atoms with van der Waals surface area (Å²) in [6, 6.07) is 11.2. The van der Waals surface area contributed by atoms with Gasteiger partial charge in [0.2, 0.25) is 5.91 Å². The van der Waals surface area contributed by atoms with Crippen LogP contribution in [0.1, 0.15) is 37.2 Å². The van der Waals surface area contributed by atoms with Gasteiger partial charge in [-0.1, -0.05) is 19.1 Å². The zero-order valence-electron chi connectivity index (χ0n) is 18.3. The van der Waals surface area contributed by atoms with E-state index in [2.05, 4.69) is 27.8 Å². The minimum atomic E-state index is -0.243. The van der Waals surface area contributed by atoms with E-state index in [0.717, 1.165) is 23.2 Å². The van der Waals surface area contributed by atoms with Crippen molar-refractivity contribution in [3.63, 3.8) is 0 Å². The van der Waals surface area contributed by atoms with Crippen molar-refractivity contribution in [2.45, 2.75) is 34.1 Å². The third-order valence-corrected chi connectivity index (χ3v) is 4.49. The van der Waals surface area contributed by atoms with Gasteiger partial charge < -0.3 is 14.8 Å². The number of tetrazole rings is 1. The number of hydrogen-bond acceptors (Lipinski definition) is 6. The van der Waals surface area contributed by atoms with Crippen molar-refractivity contribution in [1.29, 1.82) is 0 Å². The normalized spacial score (nSPS) is 11.0. The van der Waals surface area contributed by atoms with E-state index in [1.807, 2.05) is 57.2 Å². The lowest BCUT2D eigenvalue weighted by Gasteiger charge is -2.12. The van der Waals surface area contributed by atoms with Gasteiger partial charge in [-0.3, -0.25) is 4.79 Å². The molecule has 0 spiro atoms. The van der Waals surface area contributed by atoms with Crippen LogP contribution in [0.3, 0.4) is 0 Å². The van der Waals surface area contributed by atoms with Crippen molar-refractivity contribution < 1.29 is 14.3 Å². The summed E-state index contributed by atoms with van der Waals surface area (Å²) in [4.78, 5) is 12.5. The Morgan fingerprint density at radius 3 is 2.65 bits per heavy atom. The molecular formula is C23H27N5O3. The Morgan fingerprint density at radius 1 is 1.10 bits per heavy atom. The molecule has 2 aromatic carbocycles. The van der Waals surface area contributed by atoms with Gasteiger partial charge in [0.15, 0.2) is 17.3 Å². The molecule has 0 atom stereocenters. The maximum absolute atomic E-state index is 12.5. The monoisotopic (exact) mass is 421 g/mol. The van der Waals surface area contributed by atoms with Gasteiger partial charge in [-0.05, 0) is 79.1 Å². The first-order valence-corrected chi connectivity index (χ1v) is 10.3. The zero-order chi connectivity index (χ0) is 22.2. The lowest BCUT2D eigenvalue weighted by Crippen LogP contribution is -2.09. The van der Waals surface area contributed by atoms with Gasteiger partial charge in [0, 0.05) is 11.8 Å². The van der Waals surface area contributed by atoms with Gasteiger partial charge >= 0.3 is 0 Å². The minimum Gasteiger partial charge on any atom is -0.490 e. The molecule has 0 radical (unpaired) electrons. The number of ether oxygens (including phenoxy) is 2. The second kappa shape index (κ2) is 10.4. The molecular weight excluding hydrogens is 394 g/mol. The second-order valence-corrected chi connectivity index (χ2v) is 6.95. The number of nitrogens with zero attached hydrogens (tertiary/aromatic N) is 4. The van der Waals surface area contributed by atoms with E-state index in [1.54, 1.807) is 10.8 Å². The topological polar surface area (TPSA) is 91.2 Å². The van der Waals surface area contributed by atoms with Crippen molar-refractivity contribution in [3.8, 4) is 17.2 Å². The second-order valence-electron chi connectivity index (χ2n) is 6.95. The van der Waals surface area contributed by atoms with Gasteiger partial charge in [0.25, 0.3) is 0 Å². The smallest absolute Gasteiger partial charge is 0.248 e. The Hall–Kier alpha value is -3.68. The number of carbonyl (C=O) groups excluding carboxylic acids is 1. The summed E-state index contributed by atoms with van der Waals surface area (Å²) in [6.45, 7) is 8.92. The highest BCUT2D eigenvalue weighted by atomic mass is 16.5. The van der Waals surface area contributed by atoms with Crippen LogP contribution in [0.5, 0.6) is 11.5 Å². The number of aromatic nitrogens is 4. The van der Waals surface area contributed by atoms with Crippen molar-refractivity contribution in [1.82, 2.24) is 20.2 Å². The molecule has 162 valence electrons. The number of amides is 1. The standard InChI is InChI=1S/C23H27N5O3/c1-5-13-31-21-11-8-18(14-22(21)30-6-2)9-12-23(29)24-19-10-7-16(3)20(15-19)28-17(4)25-26-27-28/h7-12,14-15H,5-6,13H2,1-4H3,(H,24,29)/b12-9+. The summed E-state index contributed by atoms with van der Waals surface area (Å²) in [5.74, 6) is 1.80. The van der Waals surface area contributed by atoms with Crippen molar-refractivity contribution in [2.24, 2.45) is 0 Å². The molecule has 0 fully saturated rings. The van der Waals surface area contributed by atoms with E-state index in [1.165, 1.54) is 6.08 Å². The zero-order valence-corrected chi connectivity index (χ0v) is 18.3. The number of benzene rings is 2. The van der Waals surface area contributed by atoms with E-state index in [4.69, 9.17) is 9.47 Å². The van der Waals surface area contributed by atoms with Crippen molar-refractivity contribution in [2.75, 3.05) is 18.5 Å². The fraction of sp³-hybridized carbons (Fsp3) is 0.304. The van der Waals surface area contributed by atoms with Crippen LogP contribution in [0.4, 0.5) is 5.69 Å². The Labute approximate surface area is 181 Å². The van der Waals surface area contributed by atoms with Crippen LogP contribution in [0.25, 0.3) is 11.8 Å². The number of carbonyl (C=O) groups is 1. The molecule has 0 unspecified atom stereocenters. The van der Waals surface area contributed by atoms with Gasteiger partial charge in [-0.2, -0.15) is 4.68 Å². The number of hydrogen-bond donors (Lipinski definition) is 1. The van der Waals surface area contributed by atoms with Crippen LogP contribution in [-0.2, 0) is 4.79 Å². The number of aryl methyl sites for hydroxylation is 2. The van der Waals surface area contributed by atoms with Crippen LogP contribution >= 0.6 is 0 Å². The molecule has 0 saturated heterocycles. The summed E-state index contributed by atoms with van der Waals surface area (Å²) in [6.07, 6.45) is 4.14. The Bertz CT molecular complexity index is 1070. The number of anilines is 1. The first-order valence-electron chi connectivity index (χ1n) is 10.3.